The molecule has 1 aliphatic carbocycles. The van der Waals surface area contributed by atoms with Gasteiger partial charge in [-0.1, -0.05) is 6.92 Å². The van der Waals surface area contributed by atoms with Crippen molar-refractivity contribution < 1.29 is 0 Å². The third-order valence-electron chi connectivity index (χ3n) is 3.77. The molecule has 0 spiro atoms. The van der Waals surface area contributed by atoms with E-state index in [1.54, 1.807) is 6.20 Å². The summed E-state index contributed by atoms with van der Waals surface area (Å²) in [7, 11) is 0. The lowest BCUT2D eigenvalue weighted by molar-refractivity contribution is 0.218. The van der Waals surface area contributed by atoms with Crippen LogP contribution in [-0.4, -0.2) is 4.98 Å². The van der Waals surface area contributed by atoms with Crippen molar-refractivity contribution in [3.05, 3.63) is 28.5 Å². The molecule has 0 atom stereocenters. The van der Waals surface area contributed by atoms with Crippen LogP contribution < -0.4 is 0 Å². The topological polar surface area (TPSA) is 36.7 Å². The van der Waals surface area contributed by atoms with Crippen LogP contribution in [0.15, 0.2) is 22.9 Å². The molecule has 90 valence electrons. The van der Waals surface area contributed by atoms with Gasteiger partial charge in [-0.25, -0.2) is 0 Å². The molecule has 1 aromatic heterocycles. The predicted molar refractivity (Wildman–Crippen MR) is 71.3 cm³/mol. The standard InChI is InChI=1S/C14H17BrN2/c1-11-2-4-14(10-16,5-3-11)7-12-6-13(15)9-17-8-12/h6,8-9,11H,2-5,7H2,1H3. The number of nitrogens with zero attached hydrogens (tertiary/aromatic N) is 2. The van der Waals surface area contributed by atoms with Crippen molar-refractivity contribution in [2.24, 2.45) is 11.3 Å². The lowest BCUT2D eigenvalue weighted by Crippen LogP contribution is -2.27. The van der Waals surface area contributed by atoms with E-state index in [-0.39, 0.29) is 5.41 Å². The molecule has 0 saturated heterocycles. The fraction of sp³-hybridized carbons (Fsp3) is 0.571. The van der Waals surface area contributed by atoms with Crippen molar-refractivity contribution in [3.63, 3.8) is 0 Å². The molecule has 0 bridgehead atoms. The number of aromatic nitrogens is 1. The van der Waals surface area contributed by atoms with E-state index in [1.807, 2.05) is 6.20 Å². The second kappa shape index (κ2) is 5.18. The Morgan fingerprint density at radius 2 is 2.18 bits per heavy atom. The number of hydrogen-bond donors (Lipinski definition) is 0. The van der Waals surface area contributed by atoms with Crippen LogP contribution in [0.4, 0.5) is 0 Å². The Morgan fingerprint density at radius 1 is 1.47 bits per heavy atom. The molecule has 0 unspecified atom stereocenters. The monoisotopic (exact) mass is 292 g/mol. The van der Waals surface area contributed by atoms with E-state index < -0.39 is 0 Å². The Labute approximate surface area is 111 Å². The summed E-state index contributed by atoms with van der Waals surface area (Å²) in [6, 6.07) is 4.64. The van der Waals surface area contributed by atoms with Gasteiger partial charge < -0.3 is 0 Å². The molecule has 1 saturated carbocycles. The van der Waals surface area contributed by atoms with E-state index >= 15 is 0 Å². The third-order valence-corrected chi connectivity index (χ3v) is 4.21. The van der Waals surface area contributed by atoms with Gasteiger partial charge in [0.2, 0.25) is 0 Å². The summed E-state index contributed by atoms with van der Waals surface area (Å²) >= 11 is 3.43. The Morgan fingerprint density at radius 3 is 2.76 bits per heavy atom. The van der Waals surface area contributed by atoms with Gasteiger partial charge in [-0.05, 0) is 65.6 Å². The lowest BCUT2D eigenvalue weighted by Gasteiger charge is -2.33. The van der Waals surface area contributed by atoms with Crippen LogP contribution in [0.1, 0.15) is 38.2 Å². The maximum Gasteiger partial charge on any atom is 0.0693 e. The molecule has 0 radical (unpaired) electrons. The summed E-state index contributed by atoms with van der Waals surface area (Å²) in [6.07, 6.45) is 8.90. The Hall–Kier alpha value is -0.880. The molecule has 0 aromatic carbocycles. The number of rotatable bonds is 2. The predicted octanol–water partition coefficient (Wildman–Crippen LogP) is 4.11. The minimum Gasteiger partial charge on any atom is -0.263 e. The first kappa shape index (κ1) is 12.6. The molecular formula is C14H17BrN2. The fourth-order valence-corrected chi connectivity index (χ4v) is 3.00. The SMILES string of the molecule is CC1CCC(C#N)(Cc2cncc(Br)c2)CC1. The summed E-state index contributed by atoms with van der Waals surface area (Å²) in [4.78, 5) is 4.17. The fourth-order valence-electron chi connectivity index (χ4n) is 2.59. The average molecular weight is 293 g/mol. The third kappa shape index (κ3) is 3.07. The van der Waals surface area contributed by atoms with Gasteiger partial charge in [0, 0.05) is 16.9 Å². The molecular weight excluding hydrogens is 276 g/mol. The first-order valence-corrected chi connectivity index (χ1v) is 6.93. The van der Waals surface area contributed by atoms with E-state index in [0.29, 0.717) is 0 Å². The minimum absolute atomic E-state index is 0.158. The van der Waals surface area contributed by atoms with E-state index in [2.05, 4.69) is 40.0 Å². The maximum atomic E-state index is 9.48. The Kier molecular flexibility index (Phi) is 3.83. The van der Waals surface area contributed by atoms with Crippen molar-refractivity contribution >= 4 is 15.9 Å². The molecule has 17 heavy (non-hydrogen) atoms. The molecule has 2 nitrogen and oxygen atoms in total. The van der Waals surface area contributed by atoms with Gasteiger partial charge in [0.15, 0.2) is 0 Å². The molecule has 0 N–H and O–H groups in total. The molecule has 1 fully saturated rings. The second-order valence-electron chi connectivity index (χ2n) is 5.26. The van der Waals surface area contributed by atoms with Crippen molar-refractivity contribution in [3.8, 4) is 6.07 Å². The van der Waals surface area contributed by atoms with Gasteiger partial charge in [0.25, 0.3) is 0 Å². The van der Waals surface area contributed by atoms with Crippen LogP contribution in [0.3, 0.4) is 0 Å². The second-order valence-corrected chi connectivity index (χ2v) is 6.18. The lowest BCUT2D eigenvalue weighted by atomic mass is 9.69. The van der Waals surface area contributed by atoms with Crippen LogP contribution in [-0.2, 0) is 6.42 Å². The highest BCUT2D eigenvalue weighted by atomic mass is 79.9. The Balaban J connectivity index is 2.13. The van der Waals surface area contributed by atoms with Crippen LogP contribution >= 0.6 is 15.9 Å². The van der Waals surface area contributed by atoms with Gasteiger partial charge >= 0.3 is 0 Å². The van der Waals surface area contributed by atoms with Gasteiger partial charge in [0.05, 0.1) is 11.5 Å². The first-order valence-electron chi connectivity index (χ1n) is 6.14. The molecule has 1 aliphatic rings. The minimum atomic E-state index is -0.158. The number of nitriles is 1. The average Bonchev–Trinajstić information content (AvgIpc) is 2.33. The van der Waals surface area contributed by atoms with Gasteiger partial charge in [-0.2, -0.15) is 5.26 Å². The van der Waals surface area contributed by atoms with Gasteiger partial charge in [0.1, 0.15) is 0 Å². The summed E-state index contributed by atoms with van der Waals surface area (Å²) in [5, 5.41) is 9.48. The molecule has 1 aromatic rings. The van der Waals surface area contributed by atoms with Gasteiger partial charge in [-0.3, -0.25) is 4.98 Å². The van der Waals surface area contributed by atoms with E-state index in [4.69, 9.17) is 0 Å². The zero-order chi connectivity index (χ0) is 12.3. The van der Waals surface area contributed by atoms with Crippen LogP contribution in [0.5, 0.6) is 0 Å². The number of hydrogen-bond acceptors (Lipinski definition) is 2. The molecule has 1 heterocycles. The summed E-state index contributed by atoms with van der Waals surface area (Å²) < 4.78 is 0.993. The van der Waals surface area contributed by atoms with E-state index in [1.165, 1.54) is 12.8 Å². The zero-order valence-corrected chi connectivity index (χ0v) is 11.7. The van der Waals surface area contributed by atoms with E-state index in [9.17, 15) is 5.26 Å². The largest absolute Gasteiger partial charge is 0.263 e. The number of pyridine rings is 1. The Bertz CT molecular complexity index is 428. The number of halogens is 1. The van der Waals surface area contributed by atoms with Crippen molar-refractivity contribution in [1.82, 2.24) is 4.98 Å². The first-order chi connectivity index (χ1) is 8.13. The summed E-state index contributed by atoms with van der Waals surface area (Å²) in [5.74, 6) is 0.775. The zero-order valence-electron chi connectivity index (χ0n) is 10.1. The van der Waals surface area contributed by atoms with Crippen LogP contribution in [0, 0.1) is 22.7 Å². The van der Waals surface area contributed by atoms with Gasteiger partial charge in [-0.15, -0.1) is 0 Å². The highest BCUT2D eigenvalue weighted by molar-refractivity contribution is 9.10. The summed E-state index contributed by atoms with van der Waals surface area (Å²) in [6.45, 7) is 2.28. The van der Waals surface area contributed by atoms with Crippen molar-refractivity contribution in [2.45, 2.75) is 39.0 Å². The van der Waals surface area contributed by atoms with Crippen molar-refractivity contribution in [1.29, 1.82) is 5.26 Å². The van der Waals surface area contributed by atoms with Crippen LogP contribution in [0.25, 0.3) is 0 Å². The van der Waals surface area contributed by atoms with Crippen LogP contribution in [0.2, 0.25) is 0 Å². The maximum absolute atomic E-state index is 9.48. The van der Waals surface area contributed by atoms with E-state index in [0.717, 1.165) is 35.2 Å². The summed E-state index contributed by atoms with van der Waals surface area (Å²) in [5.41, 5.74) is 1.00. The highest BCUT2D eigenvalue weighted by Crippen LogP contribution is 2.40. The smallest absolute Gasteiger partial charge is 0.0693 e. The normalized spacial score (nSPS) is 28.6. The molecule has 2 rings (SSSR count). The molecule has 0 aliphatic heterocycles. The quantitative estimate of drug-likeness (QED) is 0.823. The van der Waals surface area contributed by atoms with Crippen molar-refractivity contribution in [2.75, 3.05) is 0 Å². The highest BCUT2D eigenvalue weighted by Gasteiger charge is 2.34. The molecule has 0 amide bonds. The molecule has 3 heteroatoms.